The number of fused-ring (bicyclic) bond motifs is 8. The summed E-state index contributed by atoms with van der Waals surface area (Å²) in [6, 6.07) is 40.9. The molecule has 0 saturated carbocycles. The summed E-state index contributed by atoms with van der Waals surface area (Å²) in [5.41, 5.74) is 12.3. The van der Waals surface area contributed by atoms with Gasteiger partial charge in [-0.1, -0.05) is 306 Å². The average molecular weight is 1450 g/mol. The summed E-state index contributed by atoms with van der Waals surface area (Å²) in [4.78, 5) is 18.4. The van der Waals surface area contributed by atoms with Crippen LogP contribution in [0.25, 0.3) is 46.4 Å². The van der Waals surface area contributed by atoms with Gasteiger partial charge in [-0.3, -0.25) is 0 Å². The fourth-order valence-electron chi connectivity index (χ4n) is 13.9. The highest BCUT2D eigenvalue weighted by atomic mass is 16.5. The fourth-order valence-corrected chi connectivity index (χ4v) is 13.9. The van der Waals surface area contributed by atoms with Crippen LogP contribution in [0.4, 0.5) is 0 Å². The molecule has 0 atom stereocenters. The van der Waals surface area contributed by atoms with Crippen LogP contribution < -0.4 is 18.9 Å². The summed E-state index contributed by atoms with van der Waals surface area (Å²) in [7, 11) is 0. The van der Waals surface area contributed by atoms with Crippen LogP contribution in [0.2, 0.25) is 0 Å². The number of benzene rings is 4. The van der Waals surface area contributed by atoms with E-state index in [1.807, 2.05) is 121 Å². The van der Waals surface area contributed by atoms with Crippen molar-refractivity contribution in [1.29, 1.82) is 0 Å². The molecule has 7 aromatic rings. The molecule has 0 spiro atoms. The largest absolute Gasteiger partial charge is 0.494 e. The molecule has 4 aromatic carbocycles. The molecule has 0 radical (unpaired) electrons. The molecule has 2 N–H and O–H groups in total. The quantitative estimate of drug-likeness (QED) is 0.0291. The van der Waals surface area contributed by atoms with E-state index in [0.29, 0.717) is 54.8 Å². The molecule has 2 aliphatic rings. The molecular weight excluding hydrogens is 1320 g/mol. The molecule has 9 rings (SSSR count). The average Bonchev–Trinajstić information content (AvgIpc) is 1.64. The lowest BCUT2D eigenvalue weighted by molar-refractivity contribution is 0.304. The molecule has 5 heterocycles. The van der Waals surface area contributed by atoms with Crippen molar-refractivity contribution in [1.82, 2.24) is 19.9 Å². The number of rotatable bonds is 48. The summed E-state index contributed by atoms with van der Waals surface area (Å²) in [5.74, 6) is 31.9. The van der Waals surface area contributed by atoms with Crippen LogP contribution >= 0.6 is 0 Å². The van der Waals surface area contributed by atoms with Gasteiger partial charge >= 0.3 is 0 Å². The van der Waals surface area contributed by atoms with Crippen LogP contribution in [0.5, 0.6) is 23.0 Å². The van der Waals surface area contributed by atoms with E-state index in [9.17, 15) is 0 Å². The number of hydrogen-bond acceptors (Lipinski definition) is 6. The highest BCUT2D eigenvalue weighted by molar-refractivity contribution is 5.88. The number of H-pyrrole nitrogens is 2. The maximum Gasteiger partial charge on any atom is 0.119 e. The number of aromatic amines is 2. The van der Waals surface area contributed by atoms with Crippen molar-refractivity contribution in [3.05, 3.63) is 189 Å². The summed E-state index contributed by atoms with van der Waals surface area (Å²) in [5, 5.41) is 0. The standard InChI is InChI=1S/C100H126N4O4/c1-5-9-13-17-21-25-29-33-37-41-77-105-85-57-45-81(46-58-85)53-65-89-93-69-71-95(101-93)90(66-54-82-47-59-86(60-48-82)106-78-42-38-34-30-26-22-18-14-10-6-2)97-73-75-99(103-97)92(68-56-84-51-63-88(64-52-84)108-80-44-40-36-32-28-24-20-16-12-8-4)100-76-74-98(104-100)91(96-72-70-94(89)102-96)67-55-83-49-61-87(62-50-83)107-79-43-39-35-31-27-23-19-15-11-7-3/h45-52,57-64,69-76,101-102H,5-44,77-80H2,1-4H3. The van der Waals surface area contributed by atoms with E-state index >= 15 is 0 Å². The van der Waals surface area contributed by atoms with Gasteiger partial charge < -0.3 is 28.9 Å². The van der Waals surface area contributed by atoms with Gasteiger partial charge in [0.05, 0.1) is 93.5 Å². The van der Waals surface area contributed by atoms with E-state index in [2.05, 4.69) is 109 Å². The lowest BCUT2D eigenvalue weighted by Crippen LogP contribution is -1.97. The zero-order valence-corrected chi connectivity index (χ0v) is 66.5. The van der Waals surface area contributed by atoms with Gasteiger partial charge in [-0.2, -0.15) is 0 Å². The van der Waals surface area contributed by atoms with Gasteiger partial charge in [0.15, 0.2) is 0 Å². The fraction of sp³-hybridized carbons (Fsp3) is 0.480. The molecule has 0 saturated heterocycles. The molecule has 0 unspecified atom stereocenters. The number of unbranched alkanes of at least 4 members (excludes halogenated alkanes) is 36. The predicted molar refractivity (Wildman–Crippen MR) is 458 cm³/mol. The third-order valence-corrected chi connectivity index (χ3v) is 20.6. The number of nitrogens with one attached hydrogen (secondary N) is 2. The third-order valence-electron chi connectivity index (χ3n) is 20.6. The van der Waals surface area contributed by atoms with Crippen molar-refractivity contribution in [2.24, 2.45) is 0 Å². The molecule has 8 heteroatoms. The highest BCUT2D eigenvalue weighted by Crippen LogP contribution is 2.29. The topological polar surface area (TPSA) is 94.3 Å². The second-order valence-electron chi connectivity index (χ2n) is 29.7. The van der Waals surface area contributed by atoms with E-state index in [0.717, 1.165) is 110 Å². The zero-order chi connectivity index (χ0) is 74.9. The molecule has 108 heavy (non-hydrogen) atoms. The first-order valence-corrected chi connectivity index (χ1v) is 42.6. The molecule has 8 nitrogen and oxygen atoms in total. The van der Waals surface area contributed by atoms with E-state index in [1.54, 1.807) is 0 Å². The zero-order valence-electron chi connectivity index (χ0n) is 66.5. The summed E-state index contributed by atoms with van der Waals surface area (Å²) in [6.07, 6.45) is 59.8. The van der Waals surface area contributed by atoms with Gasteiger partial charge in [0.2, 0.25) is 0 Å². The molecule has 570 valence electrons. The van der Waals surface area contributed by atoms with Crippen molar-refractivity contribution in [2.45, 2.75) is 285 Å². The SMILES string of the molecule is CCCCCCCCCCCCOc1ccc(C#Cc2c3nc(c(C#Cc4ccc(OCCCCCCCCCCCC)cc4)c4ccc([nH]4)c(C#Cc4ccc(OCCCCCCCCCCCC)cc4)c4ccc([nH]4)c(C#Cc4ccc(OCCCCCCCCCCCC)cc4)c4nc2C=C4)C=C3)cc1. The Hall–Kier alpha value is -9.08. The van der Waals surface area contributed by atoms with Crippen LogP contribution in [-0.2, 0) is 0 Å². The van der Waals surface area contributed by atoms with Gasteiger partial charge in [-0.25, -0.2) is 9.97 Å². The van der Waals surface area contributed by atoms with Crippen LogP contribution in [0.15, 0.2) is 121 Å². The molecule has 3 aromatic heterocycles. The minimum absolute atomic E-state index is 0.680. The van der Waals surface area contributed by atoms with Gasteiger partial charge in [0, 0.05) is 22.3 Å². The van der Waals surface area contributed by atoms with Gasteiger partial charge in [0.25, 0.3) is 0 Å². The maximum atomic E-state index is 6.25. The number of aromatic nitrogens is 4. The Morgan fingerprint density at radius 2 is 0.407 bits per heavy atom. The van der Waals surface area contributed by atoms with Crippen molar-refractivity contribution >= 4 is 46.4 Å². The molecule has 0 aliphatic carbocycles. The number of ether oxygens (including phenoxy) is 4. The summed E-state index contributed by atoms with van der Waals surface area (Å²) >= 11 is 0. The lowest BCUT2D eigenvalue weighted by Gasteiger charge is -2.06. The second-order valence-corrected chi connectivity index (χ2v) is 29.7. The van der Waals surface area contributed by atoms with Gasteiger partial charge in [-0.05, 0) is 171 Å². The Labute approximate surface area is 651 Å². The Morgan fingerprint density at radius 1 is 0.213 bits per heavy atom. The first kappa shape index (κ1) is 83.0. The van der Waals surface area contributed by atoms with Crippen LogP contribution in [0.1, 0.15) is 352 Å². The Kier molecular flexibility index (Phi) is 38.8. The molecular formula is C100H126N4O4. The van der Waals surface area contributed by atoms with Crippen LogP contribution in [-0.4, -0.2) is 46.4 Å². The summed E-state index contributed by atoms with van der Waals surface area (Å²) < 4.78 is 25.0. The molecule has 8 bridgehead atoms. The van der Waals surface area contributed by atoms with Crippen molar-refractivity contribution in [2.75, 3.05) is 26.4 Å². The monoisotopic (exact) mass is 1450 g/mol. The lowest BCUT2D eigenvalue weighted by atomic mass is 10.1. The minimum atomic E-state index is 0.680. The van der Waals surface area contributed by atoms with E-state index in [1.165, 1.54) is 231 Å². The smallest absolute Gasteiger partial charge is 0.119 e. The van der Waals surface area contributed by atoms with E-state index in [-0.39, 0.29) is 0 Å². The summed E-state index contributed by atoms with van der Waals surface area (Å²) in [6.45, 7) is 11.9. The second kappa shape index (κ2) is 50.5. The molecule has 2 aliphatic heterocycles. The third kappa shape index (κ3) is 30.5. The number of nitrogens with zero attached hydrogens (tertiary/aromatic N) is 2. The Bertz CT molecular complexity index is 4070. The van der Waals surface area contributed by atoms with E-state index < -0.39 is 0 Å². The van der Waals surface area contributed by atoms with Gasteiger partial charge in [-0.15, -0.1) is 0 Å². The van der Waals surface area contributed by atoms with Crippen LogP contribution in [0, 0.1) is 47.4 Å². The minimum Gasteiger partial charge on any atom is -0.494 e. The Morgan fingerprint density at radius 3 is 0.648 bits per heavy atom. The normalized spacial score (nSPS) is 11.3. The van der Waals surface area contributed by atoms with Gasteiger partial charge in [0.1, 0.15) is 23.0 Å². The van der Waals surface area contributed by atoms with Crippen molar-refractivity contribution < 1.29 is 18.9 Å². The Balaban J connectivity index is 1.03. The first-order chi connectivity index (χ1) is 53.5. The first-order valence-electron chi connectivity index (χ1n) is 42.6. The van der Waals surface area contributed by atoms with Crippen LogP contribution in [0.3, 0.4) is 0 Å². The van der Waals surface area contributed by atoms with Crippen molar-refractivity contribution in [3.8, 4) is 70.4 Å². The van der Waals surface area contributed by atoms with Crippen molar-refractivity contribution in [3.63, 3.8) is 0 Å². The maximum absolute atomic E-state index is 6.25. The highest BCUT2D eigenvalue weighted by Gasteiger charge is 2.17. The molecule has 0 fully saturated rings. The number of hydrogen-bond donors (Lipinski definition) is 2. The molecule has 0 amide bonds. The van der Waals surface area contributed by atoms with E-state index in [4.69, 9.17) is 28.9 Å². The predicted octanol–water partition coefficient (Wildman–Crippen LogP) is 27.5.